The zero-order valence-electron chi connectivity index (χ0n) is 19.9. The van der Waals surface area contributed by atoms with E-state index in [0.717, 1.165) is 5.56 Å². The molecule has 5 nitrogen and oxygen atoms in total. The highest BCUT2D eigenvalue weighted by Gasteiger charge is 2.27. The van der Waals surface area contributed by atoms with Gasteiger partial charge in [0, 0.05) is 38.3 Å². The van der Waals surface area contributed by atoms with Crippen molar-refractivity contribution in [3.63, 3.8) is 0 Å². The molecule has 2 heterocycles. The highest BCUT2D eigenvalue weighted by Crippen LogP contribution is 2.24. The second kappa shape index (κ2) is 9.97. The van der Waals surface area contributed by atoms with Crippen molar-refractivity contribution >= 4 is 11.6 Å². The third kappa shape index (κ3) is 5.65. The molecule has 0 atom stereocenters. The number of piperazine rings is 1. The molecular weight excluding hydrogens is 436 g/mol. The van der Waals surface area contributed by atoms with Crippen LogP contribution in [-0.2, 0) is 13.1 Å². The Hall–Kier alpha value is -3.19. The topological polar surface area (TPSA) is 39.9 Å². The SMILES string of the molecule is CC(C)(C)N(Cc1ccc(F)cc1)Cc1ccc(C(=O)N2CCN(c3ccccc3F)CC2)o1. The molecule has 0 aliphatic carbocycles. The minimum Gasteiger partial charge on any atom is -0.455 e. The van der Waals surface area contributed by atoms with Gasteiger partial charge in [0.15, 0.2) is 5.76 Å². The number of carbonyl (C=O) groups excluding carboxylic acids is 1. The van der Waals surface area contributed by atoms with Gasteiger partial charge < -0.3 is 14.2 Å². The molecule has 1 saturated heterocycles. The molecule has 0 bridgehead atoms. The van der Waals surface area contributed by atoms with E-state index in [2.05, 4.69) is 25.7 Å². The van der Waals surface area contributed by atoms with Gasteiger partial charge in [-0.3, -0.25) is 9.69 Å². The molecule has 0 radical (unpaired) electrons. The number of rotatable bonds is 6. The molecule has 1 aromatic heterocycles. The van der Waals surface area contributed by atoms with Gasteiger partial charge in [-0.2, -0.15) is 0 Å². The number of hydrogen-bond donors (Lipinski definition) is 0. The van der Waals surface area contributed by atoms with Crippen LogP contribution in [0.3, 0.4) is 0 Å². The average Bonchev–Trinajstić information content (AvgIpc) is 3.28. The summed E-state index contributed by atoms with van der Waals surface area (Å²) in [5.74, 6) is 0.354. The standard InChI is InChI=1S/C27H31F2N3O2/c1-27(2,3)32(18-20-8-10-21(28)11-9-20)19-22-12-13-25(34-22)26(33)31-16-14-30(15-17-31)24-7-5-4-6-23(24)29/h4-13H,14-19H2,1-3H3. The number of carbonyl (C=O) groups is 1. The van der Waals surface area contributed by atoms with E-state index in [1.807, 2.05) is 17.0 Å². The molecule has 1 fully saturated rings. The van der Waals surface area contributed by atoms with Crippen molar-refractivity contribution in [3.05, 3.63) is 89.4 Å². The van der Waals surface area contributed by atoms with Crippen molar-refractivity contribution in [1.82, 2.24) is 9.80 Å². The van der Waals surface area contributed by atoms with E-state index in [9.17, 15) is 13.6 Å². The van der Waals surface area contributed by atoms with Crippen molar-refractivity contribution in [1.29, 1.82) is 0 Å². The Morgan fingerprint density at radius 1 is 0.912 bits per heavy atom. The van der Waals surface area contributed by atoms with Gasteiger partial charge in [-0.1, -0.05) is 24.3 Å². The number of para-hydroxylation sites is 1. The second-order valence-electron chi connectivity index (χ2n) is 9.65. The van der Waals surface area contributed by atoms with Crippen LogP contribution in [0.4, 0.5) is 14.5 Å². The molecule has 0 unspecified atom stereocenters. The van der Waals surface area contributed by atoms with Gasteiger partial charge in [-0.05, 0) is 62.7 Å². The molecule has 180 valence electrons. The summed E-state index contributed by atoms with van der Waals surface area (Å²) in [6, 6.07) is 16.8. The van der Waals surface area contributed by atoms with E-state index in [0.29, 0.717) is 56.5 Å². The quantitative estimate of drug-likeness (QED) is 0.492. The number of hydrogen-bond acceptors (Lipinski definition) is 4. The van der Waals surface area contributed by atoms with Crippen molar-refractivity contribution in [2.24, 2.45) is 0 Å². The van der Waals surface area contributed by atoms with Crippen LogP contribution < -0.4 is 4.90 Å². The van der Waals surface area contributed by atoms with Gasteiger partial charge in [0.05, 0.1) is 12.2 Å². The summed E-state index contributed by atoms with van der Waals surface area (Å²) in [5, 5.41) is 0. The molecule has 7 heteroatoms. The highest BCUT2D eigenvalue weighted by atomic mass is 19.1. The number of anilines is 1. The largest absolute Gasteiger partial charge is 0.455 e. The smallest absolute Gasteiger partial charge is 0.289 e. The fourth-order valence-corrected chi connectivity index (χ4v) is 4.12. The summed E-state index contributed by atoms with van der Waals surface area (Å²) in [6.07, 6.45) is 0. The Kier molecular flexibility index (Phi) is 7.03. The van der Waals surface area contributed by atoms with Gasteiger partial charge in [0.1, 0.15) is 17.4 Å². The van der Waals surface area contributed by atoms with Crippen LogP contribution in [0.2, 0.25) is 0 Å². The van der Waals surface area contributed by atoms with Crippen LogP contribution in [0.25, 0.3) is 0 Å². The molecule has 1 aliphatic heterocycles. The van der Waals surface area contributed by atoms with Crippen molar-refractivity contribution in [2.75, 3.05) is 31.1 Å². The summed E-state index contributed by atoms with van der Waals surface area (Å²) in [7, 11) is 0. The summed E-state index contributed by atoms with van der Waals surface area (Å²) < 4.78 is 33.3. The maximum Gasteiger partial charge on any atom is 0.289 e. The maximum atomic E-state index is 14.1. The van der Waals surface area contributed by atoms with Crippen LogP contribution in [0.5, 0.6) is 0 Å². The first-order chi connectivity index (χ1) is 16.2. The third-order valence-corrected chi connectivity index (χ3v) is 6.21. The van der Waals surface area contributed by atoms with Gasteiger partial charge >= 0.3 is 0 Å². The number of furan rings is 1. The summed E-state index contributed by atoms with van der Waals surface area (Å²) in [6.45, 7) is 9.62. The monoisotopic (exact) mass is 467 g/mol. The lowest BCUT2D eigenvalue weighted by Gasteiger charge is -2.36. The zero-order chi connectivity index (χ0) is 24.3. The first kappa shape index (κ1) is 24.0. The fraction of sp³-hybridized carbons (Fsp3) is 0.370. The summed E-state index contributed by atoms with van der Waals surface area (Å²) in [5.41, 5.74) is 1.42. The van der Waals surface area contributed by atoms with Gasteiger partial charge in [0.2, 0.25) is 0 Å². The third-order valence-electron chi connectivity index (χ3n) is 6.21. The lowest BCUT2D eigenvalue weighted by molar-refractivity contribution is 0.0703. The van der Waals surface area contributed by atoms with Crippen LogP contribution in [-0.4, -0.2) is 47.4 Å². The van der Waals surface area contributed by atoms with Crippen LogP contribution in [0.15, 0.2) is 65.1 Å². The Morgan fingerprint density at radius 2 is 1.59 bits per heavy atom. The summed E-state index contributed by atoms with van der Waals surface area (Å²) in [4.78, 5) is 19.0. The van der Waals surface area contributed by atoms with Gasteiger partial charge in [-0.15, -0.1) is 0 Å². The number of benzene rings is 2. The van der Waals surface area contributed by atoms with Crippen LogP contribution in [0.1, 0.15) is 42.6 Å². The van der Waals surface area contributed by atoms with Crippen LogP contribution in [0, 0.1) is 11.6 Å². The van der Waals surface area contributed by atoms with Crippen molar-refractivity contribution in [2.45, 2.75) is 39.4 Å². The molecule has 0 spiro atoms. The number of halogens is 2. The van der Waals surface area contributed by atoms with Crippen molar-refractivity contribution in [3.8, 4) is 0 Å². The average molecular weight is 468 g/mol. The van der Waals surface area contributed by atoms with E-state index in [4.69, 9.17) is 4.42 Å². The Balaban J connectivity index is 1.38. The second-order valence-corrected chi connectivity index (χ2v) is 9.65. The van der Waals surface area contributed by atoms with Gasteiger partial charge in [0.25, 0.3) is 5.91 Å². The first-order valence-electron chi connectivity index (χ1n) is 11.6. The molecule has 0 N–H and O–H groups in total. The zero-order valence-corrected chi connectivity index (χ0v) is 19.9. The summed E-state index contributed by atoms with van der Waals surface area (Å²) >= 11 is 0. The maximum absolute atomic E-state index is 14.1. The first-order valence-corrected chi connectivity index (χ1v) is 11.6. The molecule has 1 amide bonds. The highest BCUT2D eigenvalue weighted by molar-refractivity contribution is 5.91. The minimum atomic E-state index is -0.255. The Morgan fingerprint density at radius 3 is 2.24 bits per heavy atom. The number of nitrogens with zero attached hydrogens (tertiary/aromatic N) is 3. The Labute approximate surface area is 199 Å². The number of amides is 1. The molecular formula is C27H31F2N3O2. The molecule has 4 rings (SSSR count). The predicted molar refractivity (Wildman–Crippen MR) is 129 cm³/mol. The Bertz CT molecular complexity index is 1110. The molecule has 1 aliphatic rings. The van der Waals surface area contributed by atoms with Crippen LogP contribution >= 0.6 is 0 Å². The molecule has 0 saturated carbocycles. The predicted octanol–water partition coefficient (Wildman–Crippen LogP) is 5.32. The van der Waals surface area contributed by atoms with E-state index in [1.54, 1.807) is 35.2 Å². The van der Waals surface area contributed by atoms with Gasteiger partial charge in [-0.25, -0.2) is 8.78 Å². The minimum absolute atomic E-state index is 0.153. The van der Waals surface area contributed by atoms with E-state index < -0.39 is 0 Å². The lowest BCUT2D eigenvalue weighted by Crippen LogP contribution is -2.49. The lowest BCUT2D eigenvalue weighted by atomic mass is 10.0. The molecule has 3 aromatic rings. The fourth-order valence-electron chi connectivity index (χ4n) is 4.12. The van der Waals surface area contributed by atoms with E-state index in [1.165, 1.54) is 18.2 Å². The van der Waals surface area contributed by atoms with E-state index >= 15 is 0 Å². The van der Waals surface area contributed by atoms with Crippen molar-refractivity contribution < 1.29 is 18.0 Å². The molecule has 2 aromatic carbocycles. The normalized spacial score (nSPS) is 14.6. The van der Waals surface area contributed by atoms with E-state index in [-0.39, 0.29) is 23.1 Å². The molecule has 34 heavy (non-hydrogen) atoms.